The summed E-state index contributed by atoms with van der Waals surface area (Å²) in [6.45, 7) is 5.72. The van der Waals surface area contributed by atoms with Crippen LogP contribution in [0.4, 0.5) is 0 Å². The molecule has 1 atom stereocenters. The highest BCUT2D eigenvalue weighted by atomic mass is 79.9. The lowest BCUT2D eigenvalue weighted by Crippen LogP contribution is -2.31. The predicted octanol–water partition coefficient (Wildman–Crippen LogP) is 3.38. The highest BCUT2D eigenvalue weighted by molar-refractivity contribution is 9.10. The molecule has 1 aliphatic rings. The zero-order valence-electron chi connectivity index (χ0n) is 9.39. The van der Waals surface area contributed by atoms with Gasteiger partial charge in [-0.1, -0.05) is 34.1 Å². The minimum Gasteiger partial charge on any atom is -0.311 e. The molecule has 0 aromatic heterocycles. The molecule has 0 spiro atoms. The van der Waals surface area contributed by atoms with Crippen molar-refractivity contribution in [2.75, 3.05) is 6.54 Å². The summed E-state index contributed by atoms with van der Waals surface area (Å²) in [4.78, 5) is 0. The van der Waals surface area contributed by atoms with Gasteiger partial charge in [-0.3, -0.25) is 0 Å². The van der Waals surface area contributed by atoms with Crippen LogP contribution in [0.3, 0.4) is 0 Å². The van der Waals surface area contributed by atoms with E-state index < -0.39 is 0 Å². The highest BCUT2D eigenvalue weighted by Crippen LogP contribution is 2.28. The maximum absolute atomic E-state index is 3.61. The van der Waals surface area contributed by atoms with Gasteiger partial charge in [-0.15, -0.1) is 0 Å². The Kier molecular flexibility index (Phi) is 3.17. The molecule has 1 aromatic carbocycles. The van der Waals surface area contributed by atoms with Crippen molar-refractivity contribution in [3.05, 3.63) is 34.3 Å². The van der Waals surface area contributed by atoms with Crippen molar-refractivity contribution in [1.82, 2.24) is 5.32 Å². The molecule has 82 valence electrons. The van der Waals surface area contributed by atoms with Gasteiger partial charge >= 0.3 is 0 Å². The molecule has 2 heteroatoms. The Morgan fingerprint density at radius 2 is 2.13 bits per heavy atom. The fraction of sp³-hybridized carbons (Fsp3) is 0.538. The SMILES string of the molecule is CC1(C)CC(Cc2ccccc2Br)CN1. The molecule has 1 saturated heterocycles. The van der Waals surface area contributed by atoms with Gasteiger partial charge in [-0.05, 0) is 50.8 Å². The van der Waals surface area contributed by atoms with E-state index >= 15 is 0 Å². The average Bonchev–Trinajstić information content (AvgIpc) is 2.50. The van der Waals surface area contributed by atoms with Crippen LogP contribution in [0.1, 0.15) is 25.8 Å². The topological polar surface area (TPSA) is 12.0 Å². The zero-order valence-corrected chi connectivity index (χ0v) is 11.0. The van der Waals surface area contributed by atoms with E-state index in [4.69, 9.17) is 0 Å². The van der Waals surface area contributed by atoms with Gasteiger partial charge in [0.15, 0.2) is 0 Å². The lowest BCUT2D eigenvalue weighted by Gasteiger charge is -2.17. The number of benzene rings is 1. The van der Waals surface area contributed by atoms with Gasteiger partial charge in [-0.25, -0.2) is 0 Å². The summed E-state index contributed by atoms with van der Waals surface area (Å²) in [6, 6.07) is 8.54. The number of hydrogen-bond acceptors (Lipinski definition) is 1. The molecule has 1 nitrogen and oxygen atoms in total. The largest absolute Gasteiger partial charge is 0.311 e. The molecule has 0 bridgehead atoms. The minimum absolute atomic E-state index is 0.325. The lowest BCUT2D eigenvalue weighted by molar-refractivity contribution is 0.440. The van der Waals surface area contributed by atoms with Gasteiger partial charge in [-0.2, -0.15) is 0 Å². The van der Waals surface area contributed by atoms with Crippen LogP contribution in [0.5, 0.6) is 0 Å². The first-order valence-electron chi connectivity index (χ1n) is 5.55. The molecule has 15 heavy (non-hydrogen) atoms. The van der Waals surface area contributed by atoms with Gasteiger partial charge in [0.1, 0.15) is 0 Å². The normalized spacial score (nSPS) is 24.3. The molecule has 0 amide bonds. The molecule has 0 saturated carbocycles. The van der Waals surface area contributed by atoms with Crippen molar-refractivity contribution in [3.8, 4) is 0 Å². The maximum Gasteiger partial charge on any atom is 0.0207 e. The minimum atomic E-state index is 0.325. The first-order valence-corrected chi connectivity index (χ1v) is 6.34. The summed E-state index contributed by atoms with van der Waals surface area (Å²) in [5, 5.41) is 3.57. The molecule has 2 rings (SSSR count). The van der Waals surface area contributed by atoms with Gasteiger partial charge in [0.05, 0.1) is 0 Å². The first kappa shape index (κ1) is 11.2. The summed E-state index contributed by atoms with van der Waals surface area (Å²) < 4.78 is 1.25. The molecular formula is C13H18BrN. The van der Waals surface area contributed by atoms with Crippen LogP contribution in [0.15, 0.2) is 28.7 Å². The monoisotopic (exact) mass is 267 g/mol. The summed E-state index contributed by atoms with van der Waals surface area (Å²) >= 11 is 3.61. The molecular weight excluding hydrogens is 250 g/mol. The van der Waals surface area contributed by atoms with Crippen molar-refractivity contribution in [1.29, 1.82) is 0 Å². The van der Waals surface area contributed by atoms with Crippen LogP contribution < -0.4 is 5.32 Å². The van der Waals surface area contributed by atoms with E-state index in [2.05, 4.69) is 59.4 Å². The molecule has 1 aliphatic heterocycles. The van der Waals surface area contributed by atoms with E-state index in [1.165, 1.54) is 22.9 Å². The van der Waals surface area contributed by atoms with Crippen molar-refractivity contribution in [2.24, 2.45) is 5.92 Å². The van der Waals surface area contributed by atoms with E-state index in [-0.39, 0.29) is 0 Å². The van der Waals surface area contributed by atoms with E-state index in [1.54, 1.807) is 0 Å². The summed E-state index contributed by atoms with van der Waals surface area (Å²) in [5.41, 5.74) is 1.76. The molecule has 0 aliphatic carbocycles. The summed E-state index contributed by atoms with van der Waals surface area (Å²) in [6.07, 6.45) is 2.45. The first-order chi connectivity index (χ1) is 7.07. The van der Waals surface area contributed by atoms with Gasteiger partial charge in [0.2, 0.25) is 0 Å². The second kappa shape index (κ2) is 4.26. The fourth-order valence-electron chi connectivity index (χ4n) is 2.41. The second-order valence-corrected chi connectivity index (χ2v) is 5.98. The van der Waals surface area contributed by atoms with Crippen LogP contribution >= 0.6 is 15.9 Å². The van der Waals surface area contributed by atoms with Crippen molar-refractivity contribution >= 4 is 15.9 Å². The van der Waals surface area contributed by atoms with Gasteiger partial charge < -0.3 is 5.32 Å². The Morgan fingerprint density at radius 1 is 1.40 bits per heavy atom. The number of rotatable bonds is 2. The molecule has 0 radical (unpaired) electrons. The van der Waals surface area contributed by atoms with E-state index in [0.29, 0.717) is 5.54 Å². The van der Waals surface area contributed by atoms with E-state index in [1.807, 2.05) is 0 Å². The van der Waals surface area contributed by atoms with Gasteiger partial charge in [0, 0.05) is 10.0 Å². The Balaban J connectivity index is 2.02. The van der Waals surface area contributed by atoms with Crippen molar-refractivity contribution in [2.45, 2.75) is 32.2 Å². The highest BCUT2D eigenvalue weighted by Gasteiger charge is 2.30. The molecule has 1 aromatic rings. The van der Waals surface area contributed by atoms with Crippen LogP contribution in [-0.2, 0) is 6.42 Å². The molecule has 1 heterocycles. The fourth-order valence-corrected chi connectivity index (χ4v) is 2.85. The van der Waals surface area contributed by atoms with Gasteiger partial charge in [0.25, 0.3) is 0 Å². The number of nitrogens with one attached hydrogen (secondary N) is 1. The average molecular weight is 268 g/mol. The number of hydrogen-bond donors (Lipinski definition) is 1. The Morgan fingerprint density at radius 3 is 2.73 bits per heavy atom. The Hall–Kier alpha value is -0.340. The van der Waals surface area contributed by atoms with Crippen LogP contribution in [0.2, 0.25) is 0 Å². The third kappa shape index (κ3) is 2.82. The third-order valence-corrected chi connectivity index (χ3v) is 3.91. The molecule has 1 fully saturated rings. The number of halogens is 1. The lowest BCUT2D eigenvalue weighted by atomic mass is 9.92. The molecule has 1 N–H and O–H groups in total. The molecule has 1 unspecified atom stereocenters. The Bertz CT molecular complexity index is 346. The van der Waals surface area contributed by atoms with Crippen LogP contribution in [0.25, 0.3) is 0 Å². The Labute approximate surface area is 100 Å². The second-order valence-electron chi connectivity index (χ2n) is 5.13. The van der Waals surface area contributed by atoms with Crippen LogP contribution in [-0.4, -0.2) is 12.1 Å². The van der Waals surface area contributed by atoms with Crippen molar-refractivity contribution in [3.63, 3.8) is 0 Å². The quantitative estimate of drug-likeness (QED) is 0.867. The maximum atomic E-state index is 3.61. The van der Waals surface area contributed by atoms with Crippen LogP contribution in [0, 0.1) is 5.92 Å². The summed E-state index contributed by atoms with van der Waals surface area (Å²) in [5.74, 6) is 0.777. The summed E-state index contributed by atoms with van der Waals surface area (Å²) in [7, 11) is 0. The zero-order chi connectivity index (χ0) is 10.9. The van der Waals surface area contributed by atoms with Crippen molar-refractivity contribution < 1.29 is 0 Å². The standard InChI is InChI=1S/C13H18BrN/c1-13(2)8-10(9-15-13)7-11-5-3-4-6-12(11)14/h3-6,10,15H,7-9H2,1-2H3. The predicted molar refractivity (Wildman–Crippen MR) is 68.0 cm³/mol. The third-order valence-electron chi connectivity index (χ3n) is 3.13. The van der Waals surface area contributed by atoms with E-state index in [9.17, 15) is 0 Å². The van der Waals surface area contributed by atoms with E-state index in [0.717, 1.165) is 12.5 Å². The smallest absolute Gasteiger partial charge is 0.0207 e.